The lowest BCUT2D eigenvalue weighted by Crippen LogP contribution is -2.30. The normalized spacial score (nSPS) is 12.0. The summed E-state index contributed by atoms with van der Waals surface area (Å²) in [7, 11) is 0. The molecule has 0 fully saturated rings. The highest BCUT2D eigenvalue weighted by Crippen LogP contribution is 2.25. The van der Waals surface area contributed by atoms with E-state index in [0.29, 0.717) is 16.3 Å². The van der Waals surface area contributed by atoms with E-state index in [1.807, 2.05) is 19.1 Å². The quantitative estimate of drug-likeness (QED) is 0.633. The van der Waals surface area contributed by atoms with E-state index in [1.165, 1.54) is 24.2 Å². The number of amides is 1. The lowest BCUT2D eigenvalue weighted by Gasteiger charge is -2.13. The van der Waals surface area contributed by atoms with Gasteiger partial charge in [0.25, 0.3) is 0 Å². The number of imidazole rings is 1. The minimum Gasteiger partial charge on any atom is -0.351 e. The topological polar surface area (TPSA) is 46.9 Å². The van der Waals surface area contributed by atoms with Crippen LogP contribution in [0.2, 0.25) is 5.02 Å². The summed E-state index contributed by atoms with van der Waals surface area (Å²) in [5.74, 6) is -0.470. The van der Waals surface area contributed by atoms with Gasteiger partial charge in [-0.1, -0.05) is 17.7 Å². The molecule has 0 spiro atoms. The standard InChI is InChI=1S/C19H17ClFN3OS/c1-13(26-16-5-3-15(20)4-6-16)19(25)23-11-14-2-7-18(17(21)10-14)24-9-8-22-12-24/h2-10,12-13H,11H2,1H3,(H,23,25). The number of nitrogens with one attached hydrogen (secondary N) is 1. The van der Waals surface area contributed by atoms with Crippen LogP contribution in [0.1, 0.15) is 12.5 Å². The molecule has 1 atom stereocenters. The zero-order valence-electron chi connectivity index (χ0n) is 14.0. The Bertz CT molecular complexity index is 884. The van der Waals surface area contributed by atoms with E-state index in [1.54, 1.807) is 41.2 Å². The minimum absolute atomic E-state index is 0.107. The zero-order chi connectivity index (χ0) is 18.5. The van der Waals surface area contributed by atoms with Gasteiger partial charge in [0.15, 0.2) is 0 Å². The van der Waals surface area contributed by atoms with Crippen LogP contribution in [-0.4, -0.2) is 20.7 Å². The van der Waals surface area contributed by atoms with E-state index in [0.717, 1.165) is 4.90 Å². The van der Waals surface area contributed by atoms with Crippen molar-refractivity contribution in [3.05, 3.63) is 77.6 Å². The molecule has 4 nitrogen and oxygen atoms in total. The molecule has 0 saturated heterocycles. The highest BCUT2D eigenvalue weighted by atomic mass is 35.5. The van der Waals surface area contributed by atoms with Crippen LogP contribution in [-0.2, 0) is 11.3 Å². The fraction of sp³-hybridized carbons (Fsp3) is 0.158. The van der Waals surface area contributed by atoms with Gasteiger partial charge in [-0.05, 0) is 48.9 Å². The average Bonchev–Trinajstić information content (AvgIpc) is 3.16. The van der Waals surface area contributed by atoms with Gasteiger partial charge in [-0.25, -0.2) is 9.37 Å². The van der Waals surface area contributed by atoms with E-state index in [9.17, 15) is 9.18 Å². The van der Waals surface area contributed by atoms with Crippen LogP contribution in [0, 0.1) is 5.82 Å². The molecule has 134 valence electrons. The Morgan fingerprint density at radius 3 is 2.73 bits per heavy atom. The summed E-state index contributed by atoms with van der Waals surface area (Å²) in [5.41, 5.74) is 1.12. The summed E-state index contributed by atoms with van der Waals surface area (Å²) in [4.78, 5) is 17.1. The highest BCUT2D eigenvalue weighted by Gasteiger charge is 2.14. The molecule has 1 heterocycles. The van der Waals surface area contributed by atoms with Crippen molar-refractivity contribution in [1.29, 1.82) is 0 Å². The molecule has 1 aromatic heterocycles. The van der Waals surface area contributed by atoms with Gasteiger partial charge in [-0.2, -0.15) is 0 Å². The first-order chi connectivity index (χ1) is 12.5. The summed E-state index contributed by atoms with van der Waals surface area (Å²) in [5, 5.41) is 3.23. The summed E-state index contributed by atoms with van der Waals surface area (Å²) in [6.07, 6.45) is 4.80. The van der Waals surface area contributed by atoms with Gasteiger partial charge >= 0.3 is 0 Å². The Hall–Kier alpha value is -2.31. The summed E-state index contributed by atoms with van der Waals surface area (Å²) in [6, 6.07) is 12.2. The number of carbonyl (C=O) groups excluding carboxylic acids is 1. The molecular formula is C19H17ClFN3OS. The lowest BCUT2D eigenvalue weighted by atomic mass is 10.2. The lowest BCUT2D eigenvalue weighted by molar-refractivity contribution is -0.120. The Balaban J connectivity index is 1.57. The van der Waals surface area contributed by atoms with E-state index >= 15 is 0 Å². The van der Waals surface area contributed by atoms with E-state index < -0.39 is 0 Å². The molecule has 7 heteroatoms. The number of thioether (sulfide) groups is 1. The van der Waals surface area contributed by atoms with Crippen molar-refractivity contribution in [3.8, 4) is 5.69 Å². The Kier molecular flexibility index (Phi) is 5.96. The van der Waals surface area contributed by atoms with Crippen molar-refractivity contribution < 1.29 is 9.18 Å². The predicted molar refractivity (Wildman–Crippen MR) is 102 cm³/mol. The number of halogens is 2. The summed E-state index contributed by atoms with van der Waals surface area (Å²) < 4.78 is 15.8. The maximum absolute atomic E-state index is 14.2. The molecule has 2 aromatic carbocycles. The van der Waals surface area contributed by atoms with Crippen LogP contribution >= 0.6 is 23.4 Å². The largest absolute Gasteiger partial charge is 0.351 e. The van der Waals surface area contributed by atoms with Crippen LogP contribution in [0.4, 0.5) is 4.39 Å². The SMILES string of the molecule is CC(Sc1ccc(Cl)cc1)C(=O)NCc1ccc(-n2ccnc2)c(F)c1. The van der Waals surface area contributed by atoms with Gasteiger partial charge < -0.3 is 9.88 Å². The number of hydrogen-bond acceptors (Lipinski definition) is 3. The third-order valence-electron chi connectivity index (χ3n) is 3.76. The molecule has 26 heavy (non-hydrogen) atoms. The van der Waals surface area contributed by atoms with Crippen molar-refractivity contribution in [2.45, 2.75) is 23.6 Å². The van der Waals surface area contributed by atoms with Crippen molar-refractivity contribution in [1.82, 2.24) is 14.9 Å². The second-order valence-electron chi connectivity index (χ2n) is 5.69. The molecule has 0 saturated carbocycles. The molecule has 0 bridgehead atoms. The number of benzene rings is 2. The predicted octanol–water partition coefficient (Wildman–Crippen LogP) is 4.46. The van der Waals surface area contributed by atoms with Crippen molar-refractivity contribution >= 4 is 29.3 Å². The summed E-state index contributed by atoms with van der Waals surface area (Å²) >= 11 is 7.30. The van der Waals surface area contributed by atoms with Gasteiger partial charge in [-0.15, -0.1) is 11.8 Å². The first-order valence-electron chi connectivity index (χ1n) is 7.99. The van der Waals surface area contributed by atoms with Gasteiger partial charge in [0, 0.05) is 28.9 Å². The smallest absolute Gasteiger partial charge is 0.233 e. The number of hydrogen-bond donors (Lipinski definition) is 1. The molecule has 1 N–H and O–H groups in total. The van der Waals surface area contributed by atoms with E-state index in [4.69, 9.17) is 11.6 Å². The van der Waals surface area contributed by atoms with E-state index in [2.05, 4.69) is 10.3 Å². The highest BCUT2D eigenvalue weighted by molar-refractivity contribution is 8.00. The minimum atomic E-state index is -0.363. The first-order valence-corrected chi connectivity index (χ1v) is 9.25. The molecule has 0 aliphatic heterocycles. The van der Waals surface area contributed by atoms with Crippen LogP contribution in [0.5, 0.6) is 0 Å². The fourth-order valence-corrected chi connectivity index (χ4v) is 3.39. The monoisotopic (exact) mass is 389 g/mol. The second kappa shape index (κ2) is 8.38. The number of aromatic nitrogens is 2. The van der Waals surface area contributed by atoms with Crippen molar-refractivity contribution in [2.24, 2.45) is 0 Å². The van der Waals surface area contributed by atoms with Gasteiger partial charge in [-0.3, -0.25) is 4.79 Å². The van der Waals surface area contributed by atoms with Crippen LogP contribution in [0.25, 0.3) is 5.69 Å². The van der Waals surface area contributed by atoms with Gasteiger partial charge in [0.1, 0.15) is 5.82 Å². The third kappa shape index (κ3) is 4.65. The van der Waals surface area contributed by atoms with Crippen molar-refractivity contribution in [2.75, 3.05) is 0 Å². The van der Waals surface area contributed by atoms with Crippen LogP contribution < -0.4 is 5.32 Å². The Morgan fingerprint density at radius 1 is 1.31 bits per heavy atom. The average molecular weight is 390 g/mol. The first kappa shape index (κ1) is 18.5. The van der Waals surface area contributed by atoms with E-state index in [-0.39, 0.29) is 23.5 Å². The summed E-state index contributed by atoms with van der Waals surface area (Å²) in [6.45, 7) is 2.10. The molecule has 3 rings (SSSR count). The number of carbonyl (C=O) groups is 1. The molecule has 1 unspecified atom stereocenters. The maximum atomic E-state index is 14.2. The van der Waals surface area contributed by atoms with Crippen molar-refractivity contribution in [3.63, 3.8) is 0 Å². The molecular weight excluding hydrogens is 373 g/mol. The maximum Gasteiger partial charge on any atom is 0.233 e. The molecule has 0 aliphatic rings. The Labute approximate surface area is 160 Å². The van der Waals surface area contributed by atoms with Crippen LogP contribution in [0.3, 0.4) is 0 Å². The second-order valence-corrected chi connectivity index (χ2v) is 7.54. The molecule has 3 aromatic rings. The molecule has 0 radical (unpaired) electrons. The van der Waals surface area contributed by atoms with Crippen LogP contribution in [0.15, 0.2) is 66.1 Å². The van der Waals surface area contributed by atoms with Gasteiger partial charge in [0.2, 0.25) is 5.91 Å². The number of nitrogens with zero attached hydrogens (tertiary/aromatic N) is 2. The Morgan fingerprint density at radius 2 is 2.08 bits per heavy atom. The third-order valence-corrected chi connectivity index (χ3v) is 5.12. The molecule has 0 aliphatic carbocycles. The fourth-order valence-electron chi connectivity index (χ4n) is 2.38. The zero-order valence-corrected chi connectivity index (χ0v) is 15.6. The van der Waals surface area contributed by atoms with Gasteiger partial charge in [0.05, 0.1) is 17.3 Å². The number of rotatable bonds is 6. The molecule has 1 amide bonds.